The first-order valence-corrected chi connectivity index (χ1v) is 48.0. The summed E-state index contributed by atoms with van der Waals surface area (Å²) < 4.78 is 10.2. The molecule has 2 aliphatic carbocycles. The molecule has 0 unspecified atom stereocenters. The van der Waals surface area contributed by atoms with Crippen molar-refractivity contribution in [3.8, 4) is 77.9 Å². The maximum absolute atomic E-state index is 5.13. The van der Waals surface area contributed by atoms with Crippen LogP contribution in [0.2, 0.25) is 0 Å². The number of hydrogen-bond acceptors (Lipinski definition) is 5. The number of hydrogen-bond donors (Lipinski definition) is 0. The monoisotopic (exact) mass is 1570 g/mol. The Labute approximate surface area is 711 Å². The highest BCUT2D eigenvalue weighted by atomic mass is 32.1. The second kappa shape index (κ2) is 46.1. The Morgan fingerprint density at radius 2 is 0.496 bits per heavy atom. The van der Waals surface area contributed by atoms with Gasteiger partial charge in [-0.1, -0.05) is 430 Å². The highest BCUT2D eigenvalue weighted by molar-refractivity contribution is 7.00. The fourth-order valence-corrected chi connectivity index (χ4v) is 20.5. The number of fused-ring (bicyclic) bond motifs is 7. The number of nitrogens with zero attached hydrogens (tertiary/aromatic N) is 4. The Morgan fingerprint density at radius 1 is 0.231 bits per heavy atom. The summed E-state index contributed by atoms with van der Waals surface area (Å²) in [5, 5.41) is 0. The third-order valence-corrected chi connectivity index (χ3v) is 27.2. The Balaban J connectivity index is 0.939. The van der Waals surface area contributed by atoms with Gasteiger partial charge in [0.05, 0.1) is 11.7 Å². The first-order valence-electron chi connectivity index (χ1n) is 47.2. The van der Waals surface area contributed by atoms with E-state index in [1.54, 1.807) is 5.56 Å². The SMILES string of the molecule is CCCCCCCCCCCCC1(CCCCCCCCCCCC)c2cc(-c3ccccc3)ccc2-c2ccc(-c3cc(/C=C/c4ccncc4)c(-c4ccc5c(c4)C(CCCCCCCCCCCC)(CCCCCCCCCCCC)c4cc(-c6ccc(-c7ccccc7)c7nsnc67)ccc4-5)cc3/C=C/c3ccncc3)cc21. The van der Waals surface area contributed by atoms with Gasteiger partial charge in [0.1, 0.15) is 11.0 Å². The molecule has 0 atom stereocenters. The van der Waals surface area contributed by atoms with Gasteiger partial charge in [-0.15, -0.1) is 0 Å². The van der Waals surface area contributed by atoms with Crippen LogP contribution in [0, 0.1) is 0 Å². The molecule has 0 spiro atoms. The lowest BCUT2D eigenvalue weighted by Crippen LogP contribution is -2.25. The van der Waals surface area contributed by atoms with Gasteiger partial charge in [-0.2, -0.15) is 8.75 Å². The average molecular weight is 1570 g/mol. The lowest BCUT2D eigenvalue weighted by Gasteiger charge is -2.34. The van der Waals surface area contributed by atoms with Crippen LogP contribution in [0.25, 0.3) is 113 Å². The van der Waals surface area contributed by atoms with Gasteiger partial charge in [0.25, 0.3) is 0 Å². The molecule has 11 aromatic rings. The molecule has 0 saturated heterocycles. The number of unbranched alkanes of at least 4 members (excludes halogenated alkanes) is 36. The molecule has 0 amide bonds. The van der Waals surface area contributed by atoms with Crippen molar-refractivity contribution in [3.63, 3.8) is 0 Å². The van der Waals surface area contributed by atoms with E-state index >= 15 is 0 Å². The first-order chi connectivity index (χ1) is 57.9. The molecule has 0 aliphatic heterocycles. The van der Waals surface area contributed by atoms with Crippen LogP contribution in [0.5, 0.6) is 0 Å². The number of benzene rings is 8. The van der Waals surface area contributed by atoms with E-state index in [1.165, 1.54) is 369 Å². The minimum Gasteiger partial charge on any atom is -0.265 e. The lowest BCUT2D eigenvalue weighted by molar-refractivity contribution is 0.397. The first kappa shape index (κ1) is 86.2. The maximum atomic E-state index is 5.13. The van der Waals surface area contributed by atoms with Crippen molar-refractivity contribution in [2.75, 3.05) is 0 Å². The molecule has 0 bridgehead atoms. The molecule has 4 nitrogen and oxygen atoms in total. The zero-order chi connectivity index (χ0) is 80.4. The van der Waals surface area contributed by atoms with Crippen molar-refractivity contribution >= 4 is 47.1 Å². The number of aromatic nitrogens is 4. The molecule has 3 aromatic heterocycles. The Kier molecular flexibility index (Phi) is 34.0. The van der Waals surface area contributed by atoms with E-state index in [1.807, 2.05) is 24.8 Å². The number of rotatable bonds is 53. The van der Waals surface area contributed by atoms with Crippen molar-refractivity contribution in [2.45, 2.75) is 321 Å². The largest absolute Gasteiger partial charge is 0.265 e. The van der Waals surface area contributed by atoms with Gasteiger partial charge in [-0.3, -0.25) is 9.97 Å². The topological polar surface area (TPSA) is 51.6 Å². The van der Waals surface area contributed by atoms with Crippen molar-refractivity contribution in [3.05, 3.63) is 251 Å². The zero-order valence-electron chi connectivity index (χ0n) is 72.2. The van der Waals surface area contributed by atoms with Crippen LogP contribution in [-0.2, 0) is 10.8 Å². The van der Waals surface area contributed by atoms with Crippen LogP contribution in [0.4, 0.5) is 0 Å². The maximum Gasteiger partial charge on any atom is 0.113 e. The van der Waals surface area contributed by atoms with Crippen molar-refractivity contribution in [2.24, 2.45) is 0 Å². The van der Waals surface area contributed by atoms with Crippen molar-refractivity contribution in [1.29, 1.82) is 0 Å². The average Bonchev–Trinajstić information content (AvgIpc) is 1.48. The van der Waals surface area contributed by atoms with E-state index in [0.717, 1.165) is 53.4 Å². The van der Waals surface area contributed by atoms with E-state index in [4.69, 9.17) is 8.75 Å². The second-order valence-corrected chi connectivity index (χ2v) is 35.6. The molecule has 0 radical (unpaired) electrons. The predicted octanol–water partition coefficient (Wildman–Crippen LogP) is 34.9. The molecule has 5 heteroatoms. The molecule has 13 rings (SSSR count). The summed E-state index contributed by atoms with van der Waals surface area (Å²) in [6.07, 6.45) is 74.9. The predicted molar refractivity (Wildman–Crippen MR) is 509 cm³/mol. The normalized spacial score (nSPS) is 13.2. The highest BCUT2D eigenvalue weighted by Gasteiger charge is 2.45. The van der Waals surface area contributed by atoms with Gasteiger partial charge in [-0.05, 0) is 198 Å². The minimum atomic E-state index is -0.199. The van der Waals surface area contributed by atoms with E-state index in [2.05, 4.69) is 244 Å². The summed E-state index contributed by atoms with van der Waals surface area (Å²) in [7, 11) is 0. The highest BCUT2D eigenvalue weighted by Crippen LogP contribution is 2.59. The molecule has 0 fully saturated rings. The molecule has 117 heavy (non-hydrogen) atoms. The fraction of sp³-hybridized carbons (Fsp3) is 0.446. The molecule has 0 N–H and O–H groups in total. The molecule has 2 aliphatic rings. The van der Waals surface area contributed by atoms with E-state index < -0.39 is 0 Å². The van der Waals surface area contributed by atoms with Crippen molar-refractivity contribution in [1.82, 2.24) is 18.7 Å². The van der Waals surface area contributed by atoms with E-state index in [0.29, 0.717) is 0 Å². The fourth-order valence-electron chi connectivity index (χ4n) is 20.0. The molecule has 8 aromatic carbocycles. The van der Waals surface area contributed by atoms with Gasteiger partial charge in [0, 0.05) is 46.7 Å². The van der Waals surface area contributed by atoms with Gasteiger partial charge < -0.3 is 0 Å². The van der Waals surface area contributed by atoms with Crippen LogP contribution in [0.3, 0.4) is 0 Å². The summed E-state index contributed by atoms with van der Waals surface area (Å²) in [6.45, 7) is 9.33. The summed E-state index contributed by atoms with van der Waals surface area (Å²) in [5.41, 5.74) is 30.5. The summed E-state index contributed by atoms with van der Waals surface area (Å²) in [5.74, 6) is 0. The van der Waals surface area contributed by atoms with Gasteiger partial charge in [0.2, 0.25) is 0 Å². The van der Waals surface area contributed by atoms with Gasteiger partial charge in [-0.25, -0.2) is 0 Å². The van der Waals surface area contributed by atoms with Crippen LogP contribution < -0.4 is 0 Å². The lowest BCUT2D eigenvalue weighted by atomic mass is 9.69. The van der Waals surface area contributed by atoms with Gasteiger partial charge >= 0.3 is 0 Å². The molecule has 3 heterocycles. The van der Waals surface area contributed by atoms with E-state index in [-0.39, 0.29) is 10.8 Å². The quantitative estimate of drug-likeness (QED) is 0.0357. The van der Waals surface area contributed by atoms with Crippen molar-refractivity contribution < 1.29 is 0 Å². The Hall–Kier alpha value is -8.64. The van der Waals surface area contributed by atoms with Crippen LogP contribution in [-0.4, -0.2) is 18.7 Å². The van der Waals surface area contributed by atoms with Gasteiger partial charge in [0.15, 0.2) is 0 Å². The van der Waals surface area contributed by atoms with Crippen LogP contribution in [0.1, 0.15) is 355 Å². The minimum absolute atomic E-state index is 0.128. The van der Waals surface area contributed by atoms with Crippen LogP contribution in [0.15, 0.2) is 207 Å². The summed E-state index contributed by atoms with van der Waals surface area (Å²) in [6, 6.07) is 71.0. The smallest absolute Gasteiger partial charge is 0.113 e. The Bertz CT molecular complexity index is 4800. The second-order valence-electron chi connectivity index (χ2n) is 35.0. The third kappa shape index (κ3) is 22.9. The Morgan fingerprint density at radius 3 is 0.821 bits per heavy atom. The molecular formula is C112H138N4S. The zero-order valence-corrected chi connectivity index (χ0v) is 73.1. The number of pyridine rings is 2. The third-order valence-electron chi connectivity index (χ3n) is 26.6. The van der Waals surface area contributed by atoms with Crippen LogP contribution >= 0.6 is 11.7 Å². The van der Waals surface area contributed by atoms with E-state index in [9.17, 15) is 0 Å². The molecule has 0 saturated carbocycles. The standard InChI is InChI=1S/C112H138N4S/c1-5-9-13-17-21-25-29-33-37-47-73-111(74-48-38-34-30-26-22-18-14-10-6-2)105-83-91(89-51-43-41-44-52-89)59-63-99(105)101-65-61-95(85-107(101)111)103-81-93(58-56-88-71-79-114-80-72-88)104(82-92(103)57-55-87-69-77-113-78-70-87)96-62-66-102-100-64-60-94(98-68-67-97(90-53-45-42-46-54-90)109-110(98)116-117-115-109)84-106(100)112(108(102)86-96,75-49-39-35-31-27-23-19-15-11-7-3)76-50-40-36-32-28-24-20-16-12-8-4/h41-46,51-72,77-86H,5-40,47-50,73-76H2,1-4H3/b57-55+,58-56+. The molecular weight excluding hydrogens is 1430 g/mol. The summed E-state index contributed by atoms with van der Waals surface area (Å²) in [4.78, 5) is 9.02. The molecule has 612 valence electrons. The summed E-state index contributed by atoms with van der Waals surface area (Å²) >= 11 is 1.34.